The molecule has 2 aliphatic rings. The number of nitrogens with zero attached hydrogens (tertiary/aromatic N) is 2. The molecule has 1 aromatic heterocycles. The van der Waals surface area contributed by atoms with E-state index in [1.54, 1.807) is 7.11 Å². The smallest absolute Gasteiger partial charge is 0.235 e. The van der Waals surface area contributed by atoms with E-state index in [1.807, 2.05) is 16.7 Å². The molecule has 4 aromatic rings. The quantitative estimate of drug-likeness (QED) is 0.386. The van der Waals surface area contributed by atoms with Crippen LogP contribution in [-0.4, -0.2) is 35.7 Å². The maximum absolute atomic E-state index is 13.6. The van der Waals surface area contributed by atoms with E-state index in [-0.39, 0.29) is 11.8 Å². The summed E-state index contributed by atoms with van der Waals surface area (Å²) in [6.07, 6.45) is 3.08. The first kappa shape index (κ1) is 22.1. The molecule has 0 amide bonds. The highest BCUT2D eigenvalue weighted by atomic mass is 16.5. The Morgan fingerprint density at radius 3 is 2.20 bits per heavy atom. The number of nitrogens with one attached hydrogen (secondary N) is 1. The molecule has 178 valence electrons. The van der Waals surface area contributed by atoms with Gasteiger partial charge in [-0.2, -0.15) is 0 Å². The van der Waals surface area contributed by atoms with E-state index in [0.29, 0.717) is 5.92 Å². The van der Waals surface area contributed by atoms with Crippen LogP contribution in [0.5, 0.6) is 5.75 Å². The van der Waals surface area contributed by atoms with Crippen molar-refractivity contribution in [1.29, 1.82) is 0 Å². The summed E-state index contributed by atoms with van der Waals surface area (Å²) < 4.78 is 7.19. The van der Waals surface area contributed by atoms with Gasteiger partial charge in [-0.25, -0.2) is 4.98 Å². The molecule has 0 spiro atoms. The lowest BCUT2D eigenvalue weighted by Crippen LogP contribution is -2.14. The summed E-state index contributed by atoms with van der Waals surface area (Å²) in [6.45, 7) is 6.40. The zero-order valence-corrected chi connectivity index (χ0v) is 20.6. The molecular formula is C30H31N3O2. The van der Waals surface area contributed by atoms with Gasteiger partial charge < -0.3 is 10.1 Å². The fourth-order valence-electron chi connectivity index (χ4n) is 5.36. The Morgan fingerprint density at radius 2 is 1.60 bits per heavy atom. The number of benzene rings is 3. The fourth-order valence-corrected chi connectivity index (χ4v) is 5.36. The van der Waals surface area contributed by atoms with Crippen LogP contribution in [0.4, 0.5) is 0 Å². The number of imidazole rings is 1. The van der Waals surface area contributed by atoms with Crippen LogP contribution in [0.15, 0.2) is 54.6 Å². The molecule has 5 heteroatoms. The van der Waals surface area contributed by atoms with E-state index in [4.69, 9.17) is 9.72 Å². The van der Waals surface area contributed by atoms with Gasteiger partial charge in [0.15, 0.2) is 0 Å². The number of hydrogen-bond donors (Lipinski definition) is 1. The summed E-state index contributed by atoms with van der Waals surface area (Å²) in [5, 5.41) is 3.49. The second-order valence-corrected chi connectivity index (χ2v) is 9.96. The molecule has 2 fully saturated rings. The van der Waals surface area contributed by atoms with Crippen LogP contribution in [0.1, 0.15) is 46.7 Å². The molecule has 1 aliphatic carbocycles. The molecule has 2 heterocycles. The molecule has 1 saturated heterocycles. The number of hydrogen-bond acceptors (Lipinski definition) is 4. The van der Waals surface area contributed by atoms with Crippen LogP contribution in [0.2, 0.25) is 0 Å². The molecule has 1 saturated carbocycles. The second kappa shape index (κ2) is 8.65. The Kier molecular flexibility index (Phi) is 5.45. The van der Waals surface area contributed by atoms with E-state index >= 15 is 0 Å². The van der Waals surface area contributed by atoms with Crippen molar-refractivity contribution in [2.45, 2.75) is 39.0 Å². The number of aryl methyl sites for hydroxylation is 1. The van der Waals surface area contributed by atoms with E-state index in [0.717, 1.165) is 71.6 Å². The summed E-state index contributed by atoms with van der Waals surface area (Å²) in [5.41, 5.74) is 8.96. The monoisotopic (exact) mass is 465 g/mol. The standard InChI is InChI=1S/C30H31N3O2/c1-18-19(2)28-27(16-26(18)24-14-15-31-17-24)33(30(34)23-8-9-23)29(32-28)22-6-4-20(5-7-22)21-10-12-25(35-3)13-11-21/h4-7,10-13,16,23-24,31H,8-9,14-15,17H2,1-3H3. The van der Waals surface area contributed by atoms with Crippen LogP contribution in [0, 0.1) is 19.8 Å². The molecule has 1 unspecified atom stereocenters. The SMILES string of the molecule is COc1ccc(-c2ccc(-c3nc4c(C)c(C)c(C5CCNC5)cc4n3C(=O)C3CC3)cc2)cc1. The third-order valence-corrected chi connectivity index (χ3v) is 7.77. The van der Waals surface area contributed by atoms with E-state index < -0.39 is 0 Å². The Morgan fingerprint density at radius 1 is 0.943 bits per heavy atom. The third-order valence-electron chi connectivity index (χ3n) is 7.77. The number of ether oxygens (including phenoxy) is 1. The van der Waals surface area contributed by atoms with Crippen LogP contribution < -0.4 is 10.1 Å². The van der Waals surface area contributed by atoms with Crippen LogP contribution in [0.25, 0.3) is 33.5 Å². The summed E-state index contributed by atoms with van der Waals surface area (Å²) in [6, 6.07) is 18.7. The minimum atomic E-state index is 0.114. The highest BCUT2D eigenvalue weighted by Gasteiger charge is 2.34. The number of methoxy groups -OCH3 is 1. The number of carbonyl (C=O) groups is 1. The van der Waals surface area contributed by atoms with Crippen molar-refractivity contribution in [3.63, 3.8) is 0 Å². The van der Waals surface area contributed by atoms with Crippen molar-refractivity contribution < 1.29 is 9.53 Å². The van der Waals surface area contributed by atoms with Crippen molar-refractivity contribution in [2.75, 3.05) is 20.2 Å². The van der Waals surface area contributed by atoms with E-state index in [1.165, 1.54) is 16.7 Å². The zero-order chi connectivity index (χ0) is 24.1. The molecule has 0 bridgehead atoms. The van der Waals surface area contributed by atoms with E-state index in [9.17, 15) is 4.79 Å². The molecule has 1 aliphatic heterocycles. The summed E-state index contributed by atoms with van der Waals surface area (Å²) in [7, 11) is 1.68. The van der Waals surface area contributed by atoms with Crippen LogP contribution >= 0.6 is 0 Å². The highest BCUT2D eigenvalue weighted by Crippen LogP contribution is 2.38. The van der Waals surface area contributed by atoms with Gasteiger partial charge in [-0.3, -0.25) is 9.36 Å². The van der Waals surface area contributed by atoms with Gasteiger partial charge in [-0.15, -0.1) is 0 Å². The summed E-state index contributed by atoms with van der Waals surface area (Å²) in [5.74, 6) is 2.38. The predicted octanol–water partition coefficient (Wildman–Crippen LogP) is 6.12. The lowest BCUT2D eigenvalue weighted by atomic mass is 9.91. The van der Waals surface area contributed by atoms with Gasteiger partial charge in [0.1, 0.15) is 11.6 Å². The number of fused-ring (bicyclic) bond motifs is 1. The topological polar surface area (TPSA) is 56.1 Å². The van der Waals surface area contributed by atoms with Gasteiger partial charge in [-0.1, -0.05) is 36.4 Å². The molecule has 0 radical (unpaired) electrons. The van der Waals surface area contributed by atoms with Crippen molar-refractivity contribution in [3.05, 3.63) is 71.3 Å². The van der Waals surface area contributed by atoms with Gasteiger partial charge in [0.25, 0.3) is 0 Å². The molecular weight excluding hydrogens is 434 g/mol. The number of aromatic nitrogens is 2. The highest BCUT2D eigenvalue weighted by molar-refractivity contribution is 5.98. The van der Waals surface area contributed by atoms with Crippen LogP contribution in [0.3, 0.4) is 0 Å². The first-order valence-electron chi connectivity index (χ1n) is 12.6. The lowest BCUT2D eigenvalue weighted by Gasteiger charge is -2.16. The third kappa shape index (κ3) is 3.84. The van der Waals surface area contributed by atoms with Gasteiger partial charge in [0.2, 0.25) is 5.91 Å². The average molecular weight is 466 g/mol. The zero-order valence-electron chi connectivity index (χ0n) is 20.6. The first-order valence-corrected chi connectivity index (χ1v) is 12.6. The first-order chi connectivity index (χ1) is 17.0. The Hall–Kier alpha value is -3.44. The maximum atomic E-state index is 13.6. The van der Waals surface area contributed by atoms with Gasteiger partial charge >= 0.3 is 0 Å². The molecule has 1 atom stereocenters. The van der Waals surface area contributed by atoms with E-state index in [2.05, 4.69) is 61.6 Å². The Bertz CT molecular complexity index is 1410. The normalized spacial score (nSPS) is 17.7. The summed E-state index contributed by atoms with van der Waals surface area (Å²) in [4.78, 5) is 18.6. The lowest BCUT2D eigenvalue weighted by molar-refractivity contribution is 0.0893. The van der Waals surface area contributed by atoms with Gasteiger partial charge in [-0.05, 0) is 91.6 Å². The predicted molar refractivity (Wildman–Crippen MR) is 140 cm³/mol. The van der Waals surface area contributed by atoms with Gasteiger partial charge in [0.05, 0.1) is 18.1 Å². The molecule has 1 N–H and O–H groups in total. The molecule has 6 rings (SSSR count). The molecule has 3 aromatic carbocycles. The minimum Gasteiger partial charge on any atom is -0.497 e. The molecule has 35 heavy (non-hydrogen) atoms. The minimum absolute atomic E-state index is 0.114. The Balaban J connectivity index is 1.47. The van der Waals surface area contributed by atoms with Crippen molar-refractivity contribution in [2.24, 2.45) is 5.92 Å². The van der Waals surface area contributed by atoms with Crippen LogP contribution in [-0.2, 0) is 0 Å². The Labute approximate surface area is 206 Å². The largest absolute Gasteiger partial charge is 0.497 e. The van der Waals surface area contributed by atoms with Crippen molar-refractivity contribution in [3.8, 4) is 28.3 Å². The number of carbonyl (C=O) groups excluding carboxylic acids is 1. The van der Waals surface area contributed by atoms with Crippen molar-refractivity contribution in [1.82, 2.24) is 14.9 Å². The van der Waals surface area contributed by atoms with Gasteiger partial charge in [0, 0.05) is 18.0 Å². The fraction of sp³-hybridized carbons (Fsp3) is 0.333. The molecule has 5 nitrogen and oxygen atoms in total. The average Bonchev–Trinajstić information content (AvgIpc) is 3.46. The second-order valence-electron chi connectivity index (χ2n) is 9.96. The number of rotatable bonds is 5. The van der Waals surface area contributed by atoms with Crippen molar-refractivity contribution >= 4 is 16.9 Å². The summed E-state index contributed by atoms with van der Waals surface area (Å²) >= 11 is 0. The maximum Gasteiger partial charge on any atom is 0.235 e.